The third-order valence-corrected chi connectivity index (χ3v) is 7.10. The molecule has 1 saturated heterocycles. The number of anilines is 1. The second-order valence-corrected chi connectivity index (χ2v) is 9.36. The van der Waals surface area contributed by atoms with E-state index in [1.165, 1.54) is 21.1 Å². The van der Waals surface area contributed by atoms with Crippen LogP contribution in [0.25, 0.3) is 0 Å². The van der Waals surface area contributed by atoms with Crippen LogP contribution in [0.1, 0.15) is 41.4 Å². The lowest BCUT2D eigenvalue weighted by Crippen LogP contribution is -2.43. The van der Waals surface area contributed by atoms with Crippen LogP contribution >= 0.6 is 0 Å². The lowest BCUT2D eigenvalue weighted by molar-refractivity contribution is -0.119. The summed E-state index contributed by atoms with van der Waals surface area (Å²) in [6, 6.07) is 6.22. The second kappa shape index (κ2) is 8.61. The quantitative estimate of drug-likeness (QED) is 0.706. The molecule has 2 aromatic rings. The molecule has 1 N–H and O–H groups in total. The second-order valence-electron chi connectivity index (χ2n) is 7.47. The number of nitrogens with zero attached hydrogens (tertiary/aromatic N) is 2. The van der Waals surface area contributed by atoms with Crippen LogP contribution in [0.15, 0.2) is 35.4 Å². The van der Waals surface area contributed by atoms with E-state index >= 15 is 0 Å². The third kappa shape index (κ3) is 4.27. The number of aryl methyl sites for hydroxylation is 3. The van der Waals surface area contributed by atoms with Crippen molar-refractivity contribution in [1.29, 1.82) is 0 Å². The molecule has 30 heavy (non-hydrogen) atoms. The number of hydrogen-bond donors (Lipinski definition) is 1. The SMILES string of the molecule is CCOC(=O)c1cc(S(=O)(=O)N2CCCC2C(=O)Nc2cc(C)ccc2C)cn1C. The number of carbonyl (C=O) groups excluding carboxylic acids is 2. The van der Waals surface area contributed by atoms with Crippen molar-refractivity contribution in [3.8, 4) is 0 Å². The van der Waals surface area contributed by atoms with E-state index in [4.69, 9.17) is 4.74 Å². The third-order valence-electron chi connectivity index (χ3n) is 5.23. The fourth-order valence-corrected chi connectivity index (χ4v) is 5.32. The summed E-state index contributed by atoms with van der Waals surface area (Å²) in [5, 5.41) is 2.87. The van der Waals surface area contributed by atoms with Crippen molar-refractivity contribution in [3.05, 3.63) is 47.3 Å². The van der Waals surface area contributed by atoms with Crippen molar-refractivity contribution >= 4 is 27.6 Å². The molecule has 2 heterocycles. The Hall–Kier alpha value is -2.65. The van der Waals surface area contributed by atoms with Crippen molar-refractivity contribution < 1.29 is 22.7 Å². The molecule has 1 fully saturated rings. The molecule has 162 valence electrons. The average Bonchev–Trinajstić information content (AvgIpc) is 3.32. The maximum atomic E-state index is 13.2. The topological polar surface area (TPSA) is 97.7 Å². The molecule has 1 aliphatic heterocycles. The van der Waals surface area contributed by atoms with Crippen molar-refractivity contribution in [3.63, 3.8) is 0 Å². The molecule has 0 aliphatic carbocycles. The maximum Gasteiger partial charge on any atom is 0.354 e. The molecule has 1 unspecified atom stereocenters. The molecule has 3 rings (SSSR count). The van der Waals surface area contributed by atoms with Crippen molar-refractivity contribution in [1.82, 2.24) is 8.87 Å². The van der Waals surface area contributed by atoms with Crippen LogP contribution in [0.4, 0.5) is 5.69 Å². The molecule has 0 saturated carbocycles. The van der Waals surface area contributed by atoms with Crippen LogP contribution in [0.2, 0.25) is 0 Å². The van der Waals surface area contributed by atoms with Gasteiger partial charge in [-0.05, 0) is 56.9 Å². The smallest absolute Gasteiger partial charge is 0.354 e. The predicted octanol–water partition coefficient (Wildman–Crippen LogP) is 2.61. The Balaban J connectivity index is 1.85. The minimum atomic E-state index is -3.95. The number of rotatable bonds is 6. The van der Waals surface area contributed by atoms with Gasteiger partial charge in [-0.3, -0.25) is 4.79 Å². The van der Waals surface area contributed by atoms with Gasteiger partial charge >= 0.3 is 5.97 Å². The van der Waals surface area contributed by atoms with Gasteiger partial charge < -0.3 is 14.6 Å². The van der Waals surface area contributed by atoms with Gasteiger partial charge in [-0.25, -0.2) is 13.2 Å². The number of carbonyl (C=O) groups is 2. The van der Waals surface area contributed by atoms with Gasteiger partial charge in [-0.15, -0.1) is 0 Å². The lowest BCUT2D eigenvalue weighted by atomic mass is 10.1. The first kappa shape index (κ1) is 22.0. The van der Waals surface area contributed by atoms with E-state index in [0.29, 0.717) is 18.5 Å². The zero-order valence-electron chi connectivity index (χ0n) is 17.6. The summed E-state index contributed by atoms with van der Waals surface area (Å²) in [6.45, 7) is 5.94. The highest BCUT2D eigenvalue weighted by atomic mass is 32.2. The molecular weight excluding hydrogens is 406 g/mol. The van der Waals surface area contributed by atoms with E-state index in [0.717, 1.165) is 11.1 Å². The Kier molecular flexibility index (Phi) is 6.33. The lowest BCUT2D eigenvalue weighted by Gasteiger charge is -2.23. The van der Waals surface area contributed by atoms with Crippen LogP contribution in [0.5, 0.6) is 0 Å². The highest BCUT2D eigenvalue weighted by molar-refractivity contribution is 7.89. The maximum absolute atomic E-state index is 13.2. The van der Waals surface area contributed by atoms with Gasteiger partial charge in [0.05, 0.1) is 6.61 Å². The van der Waals surface area contributed by atoms with Crippen LogP contribution in [-0.2, 0) is 26.6 Å². The van der Waals surface area contributed by atoms with Crippen molar-refractivity contribution in [2.45, 2.75) is 44.6 Å². The summed E-state index contributed by atoms with van der Waals surface area (Å²) < 4.78 is 34.1. The van der Waals surface area contributed by atoms with Gasteiger partial charge in [-0.2, -0.15) is 4.31 Å². The number of sulfonamides is 1. The largest absolute Gasteiger partial charge is 0.461 e. The predicted molar refractivity (Wildman–Crippen MR) is 113 cm³/mol. The molecule has 9 heteroatoms. The minimum absolute atomic E-state index is 0.0283. The van der Waals surface area contributed by atoms with Crippen molar-refractivity contribution in [2.24, 2.45) is 7.05 Å². The van der Waals surface area contributed by atoms with Crippen LogP contribution in [0, 0.1) is 13.8 Å². The number of aromatic nitrogens is 1. The summed E-state index contributed by atoms with van der Waals surface area (Å²) >= 11 is 0. The fraction of sp³-hybridized carbons (Fsp3) is 0.429. The molecule has 0 bridgehead atoms. The van der Waals surface area contributed by atoms with Crippen LogP contribution in [0.3, 0.4) is 0 Å². The van der Waals surface area contributed by atoms with E-state index in [9.17, 15) is 18.0 Å². The highest BCUT2D eigenvalue weighted by Gasteiger charge is 2.40. The Bertz CT molecular complexity index is 1070. The average molecular weight is 434 g/mol. The van der Waals surface area contributed by atoms with Gasteiger partial charge in [-0.1, -0.05) is 12.1 Å². The number of esters is 1. The number of benzene rings is 1. The molecular formula is C21H27N3O5S. The Morgan fingerprint density at radius 3 is 2.67 bits per heavy atom. The Morgan fingerprint density at radius 1 is 1.23 bits per heavy atom. The first-order valence-corrected chi connectivity index (χ1v) is 11.3. The summed E-state index contributed by atoms with van der Waals surface area (Å²) in [5.74, 6) is -0.946. The van der Waals surface area contributed by atoms with E-state index < -0.39 is 22.0 Å². The normalized spacial score (nSPS) is 17.1. The van der Waals surface area contributed by atoms with Crippen molar-refractivity contribution in [2.75, 3.05) is 18.5 Å². The molecule has 1 amide bonds. The van der Waals surface area contributed by atoms with E-state index in [-0.39, 0.29) is 29.6 Å². The summed E-state index contributed by atoms with van der Waals surface area (Å²) in [4.78, 5) is 25.0. The van der Waals surface area contributed by atoms with Gasteiger partial charge in [0.2, 0.25) is 15.9 Å². The van der Waals surface area contributed by atoms with E-state index in [2.05, 4.69) is 5.32 Å². The summed E-state index contributed by atoms with van der Waals surface area (Å²) in [7, 11) is -2.37. The van der Waals surface area contributed by atoms with Gasteiger partial charge in [0.15, 0.2) is 0 Å². The van der Waals surface area contributed by atoms with Gasteiger partial charge in [0.1, 0.15) is 16.6 Å². The first-order valence-electron chi connectivity index (χ1n) is 9.88. The molecule has 0 spiro atoms. The molecule has 1 aliphatic rings. The number of nitrogens with one attached hydrogen (secondary N) is 1. The Labute approximate surface area is 176 Å². The van der Waals surface area contributed by atoms with Gasteiger partial charge in [0.25, 0.3) is 0 Å². The van der Waals surface area contributed by atoms with E-state index in [1.54, 1.807) is 14.0 Å². The van der Waals surface area contributed by atoms with Crippen LogP contribution < -0.4 is 5.32 Å². The highest BCUT2D eigenvalue weighted by Crippen LogP contribution is 2.28. The molecule has 1 aromatic carbocycles. The van der Waals surface area contributed by atoms with Gasteiger partial charge in [0, 0.05) is 25.5 Å². The number of ether oxygens (including phenoxy) is 1. The number of amides is 1. The van der Waals surface area contributed by atoms with Crippen LogP contribution in [-0.4, -0.2) is 48.4 Å². The summed E-state index contributed by atoms with van der Waals surface area (Å²) in [6.07, 6.45) is 2.40. The Morgan fingerprint density at radius 2 is 1.97 bits per heavy atom. The monoisotopic (exact) mass is 433 g/mol. The minimum Gasteiger partial charge on any atom is -0.461 e. The first-order chi connectivity index (χ1) is 14.1. The fourth-order valence-electron chi connectivity index (χ4n) is 3.60. The zero-order chi connectivity index (χ0) is 22.1. The molecule has 1 aromatic heterocycles. The number of hydrogen-bond acceptors (Lipinski definition) is 5. The summed E-state index contributed by atoms with van der Waals surface area (Å²) in [5.41, 5.74) is 2.73. The van der Waals surface area contributed by atoms with E-state index in [1.807, 2.05) is 32.0 Å². The molecule has 1 atom stereocenters. The standard InChI is InChI=1S/C21H27N3O5S/c1-5-29-21(26)19-12-16(13-23(19)4)30(27,28)24-10-6-7-18(24)20(25)22-17-11-14(2)8-9-15(17)3/h8-9,11-13,18H,5-7,10H2,1-4H3,(H,22,25). The molecule has 0 radical (unpaired) electrons. The zero-order valence-corrected chi connectivity index (χ0v) is 18.5. The molecule has 8 nitrogen and oxygen atoms in total.